The normalized spacial score (nSPS) is 16.9. The molecule has 20 heavy (non-hydrogen) atoms. The topological polar surface area (TPSA) is 47.2 Å². The first-order chi connectivity index (χ1) is 9.75. The molecule has 0 bridgehead atoms. The van der Waals surface area contributed by atoms with Crippen LogP contribution in [0.3, 0.4) is 0 Å². The second kappa shape index (κ2) is 5.06. The maximum atomic E-state index is 10.8. The Hall–Kier alpha value is -2.19. The van der Waals surface area contributed by atoms with Crippen LogP contribution in [-0.2, 0) is 10.3 Å². The number of hydrogen-bond acceptors (Lipinski definition) is 3. The summed E-state index contributed by atoms with van der Waals surface area (Å²) in [5.74, 6) is 0.946. The van der Waals surface area contributed by atoms with Gasteiger partial charge in [-0.15, -0.1) is 0 Å². The maximum absolute atomic E-state index is 10.8. The molecule has 1 saturated carbocycles. The number of benzene rings is 1. The number of nitrogens with zero attached hydrogens (tertiary/aromatic N) is 3. The lowest BCUT2D eigenvalue weighted by Gasteiger charge is -2.23. The highest BCUT2D eigenvalue weighted by atomic mass is 16.1. The molecule has 0 aliphatic heterocycles. The molecule has 1 aliphatic rings. The van der Waals surface area contributed by atoms with E-state index in [9.17, 15) is 4.79 Å². The Balaban J connectivity index is 2.07. The number of hydrogen-bond donors (Lipinski definition) is 0. The van der Waals surface area contributed by atoms with Crippen molar-refractivity contribution in [2.75, 3.05) is 0 Å². The quantitative estimate of drug-likeness (QED) is 0.633. The molecule has 1 aliphatic carbocycles. The Morgan fingerprint density at radius 3 is 2.80 bits per heavy atom. The third kappa shape index (κ3) is 2.08. The SMILES string of the molecule is Cc1nccn1-c1cccc(C2(N=C=O)CCCC2)c1. The molecule has 1 fully saturated rings. The van der Waals surface area contributed by atoms with Crippen molar-refractivity contribution in [1.82, 2.24) is 9.55 Å². The van der Waals surface area contributed by atoms with Crippen molar-refractivity contribution in [1.29, 1.82) is 0 Å². The van der Waals surface area contributed by atoms with E-state index in [1.165, 1.54) is 0 Å². The molecule has 2 aromatic rings. The van der Waals surface area contributed by atoms with Gasteiger partial charge in [0, 0.05) is 18.1 Å². The highest BCUT2D eigenvalue weighted by molar-refractivity contribution is 5.43. The van der Waals surface area contributed by atoms with Gasteiger partial charge in [0.2, 0.25) is 6.08 Å². The fourth-order valence-corrected chi connectivity index (χ4v) is 3.11. The fraction of sp³-hybridized carbons (Fsp3) is 0.375. The van der Waals surface area contributed by atoms with E-state index in [0.29, 0.717) is 0 Å². The highest BCUT2D eigenvalue weighted by Gasteiger charge is 2.35. The maximum Gasteiger partial charge on any atom is 0.235 e. The third-order valence-corrected chi connectivity index (χ3v) is 4.18. The second-order valence-electron chi connectivity index (χ2n) is 5.34. The molecule has 0 unspecified atom stereocenters. The molecule has 4 heteroatoms. The summed E-state index contributed by atoms with van der Waals surface area (Å²) in [4.78, 5) is 19.2. The number of aromatic nitrogens is 2. The van der Waals surface area contributed by atoms with Crippen molar-refractivity contribution in [2.24, 2.45) is 4.99 Å². The van der Waals surface area contributed by atoms with Gasteiger partial charge in [0.25, 0.3) is 0 Å². The van der Waals surface area contributed by atoms with Gasteiger partial charge < -0.3 is 4.57 Å². The lowest BCUT2D eigenvalue weighted by Crippen LogP contribution is -2.19. The summed E-state index contributed by atoms with van der Waals surface area (Å²) in [5.41, 5.74) is 1.79. The second-order valence-corrected chi connectivity index (χ2v) is 5.34. The molecular weight excluding hydrogens is 250 g/mol. The van der Waals surface area contributed by atoms with Gasteiger partial charge in [-0.25, -0.2) is 9.78 Å². The minimum absolute atomic E-state index is 0.369. The van der Waals surface area contributed by atoms with Gasteiger partial charge in [-0.3, -0.25) is 0 Å². The van der Waals surface area contributed by atoms with Crippen molar-refractivity contribution in [3.8, 4) is 5.69 Å². The zero-order valence-corrected chi connectivity index (χ0v) is 11.5. The van der Waals surface area contributed by atoms with Crippen LogP contribution in [-0.4, -0.2) is 15.6 Å². The van der Waals surface area contributed by atoms with E-state index in [0.717, 1.165) is 42.8 Å². The van der Waals surface area contributed by atoms with Crippen LogP contribution >= 0.6 is 0 Å². The number of carbonyl (C=O) groups excluding carboxylic acids is 1. The smallest absolute Gasteiger partial charge is 0.235 e. The van der Waals surface area contributed by atoms with Crippen LogP contribution in [0, 0.1) is 6.92 Å². The van der Waals surface area contributed by atoms with Crippen LogP contribution in [0.5, 0.6) is 0 Å². The summed E-state index contributed by atoms with van der Waals surface area (Å²) in [6.45, 7) is 1.97. The monoisotopic (exact) mass is 267 g/mol. The number of aryl methyl sites for hydroxylation is 1. The van der Waals surface area contributed by atoms with E-state index in [2.05, 4.69) is 22.1 Å². The first-order valence-electron chi connectivity index (χ1n) is 6.95. The van der Waals surface area contributed by atoms with Crippen LogP contribution in [0.15, 0.2) is 41.7 Å². The van der Waals surface area contributed by atoms with Crippen molar-refractivity contribution in [3.05, 3.63) is 48.0 Å². The summed E-state index contributed by atoms with van der Waals surface area (Å²) in [6, 6.07) is 8.23. The lowest BCUT2D eigenvalue weighted by atomic mass is 9.88. The molecule has 0 radical (unpaired) electrons. The molecule has 1 heterocycles. The first kappa shape index (κ1) is 12.8. The van der Waals surface area contributed by atoms with E-state index >= 15 is 0 Å². The van der Waals surface area contributed by atoms with Crippen LogP contribution in [0.4, 0.5) is 0 Å². The number of rotatable bonds is 3. The van der Waals surface area contributed by atoms with Crippen molar-refractivity contribution in [3.63, 3.8) is 0 Å². The van der Waals surface area contributed by atoms with E-state index in [1.54, 1.807) is 12.3 Å². The minimum Gasteiger partial charge on any atom is -0.304 e. The number of aliphatic imine (C=N–C) groups is 1. The molecule has 4 nitrogen and oxygen atoms in total. The van der Waals surface area contributed by atoms with Gasteiger partial charge in [-0.05, 0) is 37.5 Å². The molecule has 0 amide bonds. The van der Waals surface area contributed by atoms with Gasteiger partial charge in [0.05, 0.1) is 5.54 Å². The molecule has 1 aromatic carbocycles. The van der Waals surface area contributed by atoms with Crippen LogP contribution in [0.25, 0.3) is 5.69 Å². The molecule has 0 atom stereocenters. The third-order valence-electron chi connectivity index (χ3n) is 4.18. The molecule has 102 valence electrons. The van der Waals surface area contributed by atoms with Crippen LogP contribution < -0.4 is 0 Å². The standard InChI is InChI=1S/C16H17N3O/c1-13-17-9-10-19(13)15-6-4-5-14(11-15)16(18-12-20)7-2-3-8-16/h4-6,9-11H,2-3,7-8H2,1H3. The lowest BCUT2D eigenvalue weighted by molar-refractivity contribution is 0.455. The van der Waals surface area contributed by atoms with E-state index < -0.39 is 0 Å². The summed E-state index contributed by atoms with van der Waals surface area (Å²) in [7, 11) is 0. The molecule has 0 N–H and O–H groups in total. The van der Waals surface area contributed by atoms with Crippen molar-refractivity contribution >= 4 is 6.08 Å². The Kier molecular flexibility index (Phi) is 3.25. The van der Waals surface area contributed by atoms with Crippen LogP contribution in [0.1, 0.15) is 37.1 Å². The molecule has 3 rings (SSSR count). The number of isocyanates is 1. The summed E-state index contributed by atoms with van der Waals surface area (Å²) in [5, 5.41) is 0. The Labute approximate surface area is 118 Å². The summed E-state index contributed by atoms with van der Waals surface area (Å²) in [6.07, 6.45) is 9.57. The van der Waals surface area contributed by atoms with Crippen molar-refractivity contribution in [2.45, 2.75) is 38.1 Å². The van der Waals surface area contributed by atoms with Crippen LogP contribution in [0.2, 0.25) is 0 Å². The van der Waals surface area contributed by atoms with E-state index in [-0.39, 0.29) is 5.54 Å². The fourth-order valence-electron chi connectivity index (χ4n) is 3.11. The zero-order chi connectivity index (χ0) is 14.0. The molecule has 1 aromatic heterocycles. The molecular formula is C16H17N3O. The summed E-state index contributed by atoms with van der Waals surface area (Å²) >= 11 is 0. The van der Waals surface area contributed by atoms with Gasteiger partial charge in [0.15, 0.2) is 0 Å². The van der Waals surface area contributed by atoms with Gasteiger partial charge in [-0.1, -0.05) is 25.0 Å². The first-order valence-corrected chi connectivity index (χ1v) is 6.95. The van der Waals surface area contributed by atoms with Crippen molar-refractivity contribution < 1.29 is 4.79 Å². The molecule has 0 saturated heterocycles. The number of imidazole rings is 1. The minimum atomic E-state index is -0.369. The van der Waals surface area contributed by atoms with E-state index in [1.807, 2.05) is 29.8 Å². The Morgan fingerprint density at radius 2 is 2.15 bits per heavy atom. The Bertz CT molecular complexity index is 662. The van der Waals surface area contributed by atoms with E-state index in [4.69, 9.17) is 0 Å². The predicted octanol–water partition coefficient (Wildman–Crippen LogP) is 3.29. The predicted molar refractivity (Wildman–Crippen MR) is 76.6 cm³/mol. The average molecular weight is 267 g/mol. The summed E-state index contributed by atoms with van der Waals surface area (Å²) < 4.78 is 2.04. The highest BCUT2D eigenvalue weighted by Crippen LogP contribution is 2.42. The van der Waals surface area contributed by atoms with Gasteiger partial charge in [-0.2, -0.15) is 4.99 Å². The average Bonchev–Trinajstić information content (AvgIpc) is 3.09. The zero-order valence-electron chi connectivity index (χ0n) is 11.5. The molecule has 0 spiro atoms. The van der Waals surface area contributed by atoms with Gasteiger partial charge >= 0.3 is 0 Å². The largest absolute Gasteiger partial charge is 0.304 e. The van der Waals surface area contributed by atoms with Gasteiger partial charge in [0.1, 0.15) is 5.82 Å². The Morgan fingerprint density at radius 1 is 1.35 bits per heavy atom.